The highest BCUT2D eigenvalue weighted by Gasteiger charge is 2.22. The topological polar surface area (TPSA) is 84.9 Å². The molecule has 2 aromatic rings. The number of benzene rings is 2. The average Bonchev–Trinajstić information content (AvgIpc) is 2.66. The number of carbonyl (C=O) groups excluding carboxylic acids is 1. The summed E-state index contributed by atoms with van der Waals surface area (Å²) in [5.41, 5.74) is 2.34. The Balaban J connectivity index is 1.59. The van der Waals surface area contributed by atoms with Crippen molar-refractivity contribution in [3.05, 3.63) is 47.5 Å². The molecule has 2 aromatic carbocycles. The van der Waals surface area contributed by atoms with E-state index in [4.69, 9.17) is 9.47 Å². The second kappa shape index (κ2) is 6.77. The molecule has 0 aliphatic carbocycles. The van der Waals surface area contributed by atoms with Crippen LogP contribution in [0.4, 0.5) is 5.69 Å². The third-order valence-electron chi connectivity index (χ3n) is 4.74. The summed E-state index contributed by atoms with van der Waals surface area (Å²) in [7, 11) is -3.76. The molecule has 8 heteroatoms. The molecule has 2 aliphatic heterocycles. The molecule has 2 heterocycles. The van der Waals surface area contributed by atoms with Crippen LogP contribution in [0.3, 0.4) is 0 Å². The van der Waals surface area contributed by atoms with E-state index in [1.165, 1.54) is 6.92 Å². The quantitative estimate of drug-likeness (QED) is 0.871. The zero-order valence-electron chi connectivity index (χ0n) is 14.9. The normalized spacial score (nSPS) is 15.8. The number of carbonyl (C=O) groups is 1. The van der Waals surface area contributed by atoms with E-state index >= 15 is 0 Å². The summed E-state index contributed by atoms with van der Waals surface area (Å²) in [5.74, 6) is 1.11. The van der Waals surface area contributed by atoms with Gasteiger partial charge in [-0.3, -0.25) is 9.52 Å². The summed E-state index contributed by atoms with van der Waals surface area (Å²) in [6.45, 7) is 3.52. The molecular formula is C19H20N2O5S. The summed E-state index contributed by atoms with van der Waals surface area (Å²) in [6, 6.07) is 10.0. The standard InChI is InChI=1S/C19H20N2O5S/c1-13(22)21-7-6-14-2-4-17(10-15(14)12-21)27(23,24)20-16-3-5-18-19(11-16)26-9-8-25-18/h2-5,10-11,20H,6-9,12H2,1H3. The molecule has 1 amide bonds. The largest absolute Gasteiger partial charge is 0.486 e. The number of nitrogens with one attached hydrogen (secondary N) is 1. The maximum absolute atomic E-state index is 12.8. The van der Waals surface area contributed by atoms with E-state index < -0.39 is 10.0 Å². The van der Waals surface area contributed by atoms with E-state index in [0.717, 1.165) is 17.5 Å². The number of sulfonamides is 1. The smallest absolute Gasteiger partial charge is 0.261 e. The van der Waals surface area contributed by atoms with Gasteiger partial charge in [-0.15, -0.1) is 0 Å². The number of fused-ring (bicyclic) bond motifs is 2. The monoisotopic (exact) mass is 388 g/mol. The van der Waals surface area contributed by atoms with Crippen LogP contribution in [0.25, 0.3) is 0 Å². The van der Waals surface area contributed by atoms with Crippen molar-refractivity contribution >= 4 is 21.6 Å². The summed E-state index contributed by atoms with van der Waals surface area (Å²) in [4.78, 5) is 13.5. The number of amides is 1. The van der Waals surface area contributed by atoms with Crippen LogP contribution in [0.15, 0.2) is 41.3 Å². The van der Waals surface area contributed by atoms with Gasteiger partial charge in [0, 0.05) is 26.1 Å². The molecule has 0 saturated carbocycles. The van der Waals surface area contributed by atoms with Gasteiger partial charge in [-0.2, -0.15) is 0 Å². The van der Waals surface area contributed by atoms with E-state index in [9.17, 15) is 13.2 Å². The first kappa shape index (κ1) is 17.7. The maximum atomic E-state index is 12.8. The Kier molecular flexibility index (Phi) is 4.43. The lowest BCUT2D eigenvalue weighted by atomic mass is 10.00. The van der Waals surface area contributed by atoms with Crippen LogP contribution in [0, 0.1) is 0 Å². The molecule has 0 bridgehead atoms. The molecule has 27 heavy (non-hydrogen) atoms. The lowest BCUT2D eigenvalue weighted by Crippen LogP contribution is -2.34. The molecule has 142 valence electrons. The van der Waals surface area contributed by atoms with Gasteiger partial charge in [0.2, 0.25) is 5.91 Å². The van der Waals surface area contributed by atoms with Crippen LogP contribution in [-0.4, -0.2) is 39.0 Å². The van der Waals surface area contributed by atoms with Crippen LogP contribution in [0.1, 0.15) is 18.1 Å². The minimum atomic E-state index is -3.76. The van der Waals surface area contributed by atoms with Crippen molar-refractivity contribution in [2.24, 2.45) is 0 Å². The highest BCUT2D eigenvalue weighted by atomic mass is 32.2. The Morgan fingerprint density at radius 3 is 2.59 bits per heavy atom. The van der Waals surface area contributed by atoms with Gasteiger partial charge in [-0.25, -0.2) is 8.42 Å². The van der Waals surface area contributed by atoms with Gasteiger partial charge < -0.3 is 14.4 Å². The first-order valence-electron chi connectivity index (χ1n) is 8.72. The van der Waals surface area contributed by atoms with Crippen molar-refractivity contribution in [1.82, 2.24) is 4.90 Å². The molecule has 4 rings (SSSR count). The van der Waals surface area contributed by atoms with E-state index in [1.807, 2.05) is 6.07 Å². The average molecular weight is 388 g/mol. The van der Waals surface area contributed by atoms with Crippen LogP contribution < -0.4 is 14.2 Å². The predicted octanol–water partition coefficient (Wildman–Crippen LogP) is 2.16. The van der Waals surface area contributed by atoms with Crippen molar-refractivity contribution < 1.29 is 22.7 Å². The molecule has 7 nitrogen and oxygen atoms in total. The first-order chi connectivity index (χ1) is 12.9. The third-order valence-corrected chi connectivity index (χ3v) is 6.12. The van der Waals surface area contributed by atoms with Gasteiger partial charge in [0.25, 0.3) is 10.0 Å². The second-order valence-corrected chi connectivity index (χ2v) is 8.27. The number of anilines is 1. The number of hydrogen-bond acceptors (Lipinski definition) is 5. The lowest BCUT2D eigenvalue weighted by molar-refractivity contribution is -0.129. The maximum Gasteiger partial charge on any atom is 0.261 e. The van der Waals surface area contributed by atoms with Crippen molar-refractivity contribution in [1.29, 1.82) is 0 Å². The van der Waals surface area contributed by atoms with Crippen LogP contribution in [-0.2, 0) is 27.8 Å². The van der Waals surface area contributed by atoms with E-state index in [0.29, 0.717) is 43.5 Å². The Bertz CT molecular complexity index is 1000. The SMILES string of the molecule is CC(=O)N1CCc2ccc(S(=O)(=O)Nc3ccc4c(c3)OCCO4)cc2C1. The van der Waals surface area contributed by atoms with Gasteiger partial charge in [-0.1, -0.05) is 6.07 Å². The van der Waals surface area contributed by atoms with Gasteiger partial charge in [0.05, 0.1) is 10.6 Å². The van der Waals surface area contributed by atoms with E-state index in [-0.39, 0.29) is 10.8 Å². The van der Waals surface area contributed by atoms with Gasteiger partial charge >= 0.3 is 0 Å². The summed E-state index contributed by atoms with van der Waals surface area (Å²) >= 11 is 0. The molecular weight excluding hydrogens is 368 g/mol. The highest BCUT2D eigenvalue weighted by Crippen LogP contribution is 2.33. The molecule has 0 unspecified atom stereocenters. The number of rotatable bonds is 3. The lowest BCUT2D eigenvalue weighted by Gasteiger charge is -2.28. The minimum absolute atomic E-state index is 0.0108. The van der Waals surface area contributed by atoms with Crippen LogP contribution in [0.2, 0.25) is 0 Å². The summed E-state index contributed by atoms with van der Waals surface area (Å²) in [6.07, 6.45) is 0.727. The van der Waals surface area contributed by atoms with Crippen LogP contribution >= 0.6 is 0 Å². The molecule has 2 aliphatic rings. The van der Waals surface area contributed by atoms with E-state index in [2.05, 4.69) is 4.72 Å². The van der Waals surface area contributed by atoms with Crippen LogP contribution in [0.5, 0.6) is 11.5 Å². The number of hydrogen-bond donors (Lipinski definition) is 1. The van der Waals surface area contributed by atoms with Gasteiger partial charge in [0.15, 0.2) is 11.5 Å². The van der Waals surface area contributed by atoms with Crippen molar-refractivity contribution in [2.75, 3.05) is 24.5 Å². The fourth-order valence-electron chi connectivity index (χ4n) is 3.29. The second-order valence-electron chi connectivity index (χ2n) is 6.59. The molecule has 0 aromatic heterocycles. The molecule has 0 fully saturated rings. The Morgan fingerprint density at radius 2 is 1.81 bits per heavy atom. The predicted molar refractivity (Wildman–Crippen MR) is 99.5 cm³/mol. The summed E-state index contributed by atoms with van der Waals surface area (Å²) < 4.78 is 39.1. The minimum Gasteiger partial charge on any atom is -0.486 e. The van der Waals surface area contributed by atoms with E-state index in [1.54, 1.807) is 35.2 Å². The zero-order valence-corrected chi connectivity index (χ0v) is 15.7. The summed E-state index contributed by atoms with van der Waals surface area (Å²) in [5, 5.41) is 0. The highest BCUT2D eigenvalue weighted by molar-refractivity contribution is 7.92. The fourth-order valence-corrected chi connectivity index (χ4v) is 4.39. The number of nitrogens with zero attached hydrogens (tertiary/aromatic N) is 1. The molecule has 1 N–H and O–H groups in total. The van der Waals surface area contributed by atoms with Crippen molar-refractivity contribution in [3.8, 4) is 11.5 Å². The zero-order chi connectivity index (χ0) is 19.0. The Morgan fingerprint density at radius 1 is 1.04 bits per heavy atom. The fraction of sp³-hybridized carbons (Fsp3) is 0.316. The Labute approximate surface area is 157 Å². The first-order valence-corrected chi connectivity index (χ1v) is 10.2. The Hall–Kier alpha value is -2.74. The van der Waals surface area contributed by atoms with Crippen molar-refractivity contribution in [3.63, 3.8) is 0 Å². The van der Waals surface area contributed by atoms with Gasteiger partial charge in [-0.05, 0) is 41.8 Å². The number of ether oxygens (including phenoxy) is 2. The molecule has 0 radical (unpaired) electrons. The molecule has 0 saturated heterocycles. The molecule has 0 spiro atoms. The third kappa shape index (κ3) is 3.57. The van der Waals surface area contributed by atoms with Crippen molar-refractivity contribution in [2.45, 2.75) is 24.8 Å². The van der Waals surface area contributed by atoms with Gasteiger partial charge in [0.1, 0.15) is 13.2 Å². The molecule has 0 atom stereocenters.